The lowest BCUT2D eigenvalue weighted by Gasteiger charge is -2.18. The number of sulfone groups is 1. The fraction of sp³-hybridized carbons (Fsp3) is 0.240. The van der Waals surface area contributed by atoms with Crippen LogP contribution in [0, 0.1) is 6.92 Å². The normalized spacial score (nSPS) is 11.8. The molecule has 0 spiro atoms. The number of rotatable bonds is 10. The molecule has 0 aliphatic rings. The third-order valence-electron chi connectivity index (χ3n) is 5.18. The zero-order chi connectivity index (χ0) is 27.2. The summed E-state index contributed by atoms with van der Waals surface area (Å²) in [5.74, 6) is 0.726. The van der Waals surface area contributed by atoms with Crippen LogP contribution < -0.4 is 10.6 Å². The number of hydrogen-bond acceptors (Lipinski definition) is 5. The minimum absolute atomic E-state index is 0.277. The number of carbonyl (C=O) groups is 1. The van der Waals surface area contributed by atoms with Crippen LogP contribution in [0.3, 0.4) is 0 Å². The summed E-state index contributed by atoms with van der Waals surface area (Å²) in [5, 5.41) is 6.15. The standard InChI is InChI=1S/C25H23Cl2F3N2O3S2/c1-16-5-8-18(9-6-16)37(34,35)24-19(25(28,29)30)3-2-4-22(24)32-14-23(33)31-11-12-36-15-17-7-10-20(26)21(27)13-17/h2-10,13,32H,11-12,14-15H2,1H3,(H,31,33). The van der Waals surface area contributed by atoms with Gasteiger partial charge < -0.3 is 10.6 Å². The number of benzene rings is 3. The van der Waals surface area contributed by atoms with Crippen LogP contribution in [0.4, 0.5) is 18.9 Å². The van der Waals surface area contributed by atoms with E-state index < -0.39 is 38.9 Å². The highest BCUT2D eigenvalue weighted by molar-refractivity contribution is 7.98. The van der Waals surface area contributed by atoms with Gasteiger partial charge in [-0.05, 0) is 48.9 Å². The molecule has 0 aliphatic heterocycles. The molecule has 0 fully saturated rings. The molecule has 0 aliphatic carbocycles. The Hall–Kier alpha value is -2.40. The Bertz CT molecular complexity index is 1370. The maximum absolute atomic E-state index is 13.8. The second-order valence-corrected chi connectivity index (χ2v) is 11.8. The van der Waals surface area contributed by atoms with Crippen molar-refractivity contribution in [3.8, 4) is 0 Å². The second-order valence-electron chi connectivity index (χ2n) is 8.00. The fourth-order valence-electron chi connectivity index (χ4n) is 3.34. The van der Waals surface area contributed by atoms with Gasteiger partial charge in [0, 0.05) is 18.1 Å². The number of thioether (sulfide) groups is 1. The summed E-state index contributed by atoms with van der Waals surface area (Å²) in [7, 11) is -4.54. The zero-order valence-corrected chi connectivity index (χ0v) is 22.7. The van der Waals surface area contributed by atoms with E-state index in [1.54, 1.807) is 30.8 Å². The smallest absolute Gasteiger partial charge is 0.375 e. The lowest BCUT2D eigenvalue weighted by molar-refractivity contribution is -0.139. The summed E-state index contributed by atoms with van der Waals surface area (Å²) in [6, 6.07) is 13.8. The van der Waals surface area contributed by atoms with Gasteiger partial charge in [-0.1, -0.05) is 53.0 Å². The Kier molecular flexibility index (Phi) is 9.80. The first-order valence-corrected chi connectivity index (χ1v) is 14.3. The molecule has 5 nitrogen and oxygen atoms in total. The SMILES string of the molecule is Cc1ccc(S(=O)(=O)c2c(NCC(=O)NCCSCc3ccc(Cl)c(Cl)c3)cccc2C(F)(F)F)cc1. The van der Waals surface area contributed by atoms with E-state index in [-0.39, 0.29) is 10.6 Å². The average Bonchev–Trinajstić information content (AvgIpc) is 2.84. The summed E-state index contributed by atoms with van der Waals surface area (Å²) < 4.78 is 67.7. The van der Waals surface area contributed by atoms with Crippen molar-refractivity contribution in [2.24, 2.45) is 0 Å². The van der Waals surface area contributed by atoms with Gasteiger partial charge in [-0.2, -0.15) is 24.9 Å². The van der Waals surface area contributed by atoms with Crippen LogP contribution in [-0.2, 0) is 26.6 Å². The van der Waals surface area contributed by atoms with Gasteiger partial charge in [0.2, 0.25) is 15.7 Å². The van der Waals surface area contributed by atoms with E-state index in [1.807, 2.05) is 6.07 Å². The first kappa shape index (κ1) is 29.2. The summed E-state index contributed by atoms with van der Waals surface area (Å²) in [4.78, 5) is 11.1. The van der Waals surface area contributed by atoms with E-state index in [9.17, 15) is 26.4 Å². The van der Waals surface area contributed by atoms with Crippen molar-refractivity contribution >= 4 is 56.4 Å². The molecular weight excluding hydrogens is 568 g/mol. The van der Waals surface area contributed by atoms with Crippen molar-refractivity contribution in [2.75, 3.05) is 24.2 Å². The number of hydrogen-bond donors (Lipinski definition) is 2. The van der Waals surface area contributed by atoms with Crippen LogP contribution in [0.1, 0.15) is 16.7 Å². The molecule has 0 heterocycles. The molecule has 0 atom stereocenters. The molecule has 2 N–H and O–H groups in total. The van der Waals surface area contributed by atoms with E-state index in [1.165, 1.54) is 30.3 Å². The van der Waals surface area contributed by atoms with Gasteiger partial charge in [-0.25, -0.2) is 8.42 Å². The first-order chi connectivity index (χ1) is 17.4. The molecule has 3 aromatic carbocycles. The highest BCUT2D eigenvalue weighted by Crippen LogP contribution is 2.40. The molecule has 0 radical (unpaired) electrons. The summed E-state index contributed by atoms with van der Waals surface area (Å²) in [6.07, 6.45) is -4.92. The van der Waals surface area contributed by atoms with Gasteiger partial charge in [-0.15, -0.1) is 0 Å². The lowest BCUT2D eigenvalue weighted by Crippen LogP contribution is -2.32. The topological polar surface area (TPSA) is 75.3 Å². The molecule has 198 valence electrons. The number of amides is 1. The molecule has 3 rings (SSSR count). The minimum atomic E-state index is -4.92. The van der Waals surface area contributed by atoms with Gasteiger partial charge in [0.1, 0.15) is 4.90 Å². The third kappa shape index (κ3) is 7.80. The second kappa shape index (κ2) is 12.4. The lowest BCUT2D eigenvalue weighted by atomic mass is 10.2. The summed E-state index contributed by atoms with van der Waals surface area (Å²) >= 11 is 13.4. The van der Waals surface area contributed by atoms with Crippen LogP contribution in [0.2, 0.25) is 10.0 Å². The van der Waals surface area contributed by atoms with Crippen LogP contribution in [-0.4, -0.2) is 33.2 Å². The van der Waals surface area contributed by atoms with Gasteiger partial charge >= 0.3 is 6.18 Å². The molecule has 0 bridgehead atoms. The Morgan fingerprint density at radius 1 is 1.00 bits per heavy atom. The monoisotopic (exact) mass is 590 g/mol. The predicted octanol–water partition coefficient (Wildman–Crippen LogP) is 6.61. The van der Waals surface area contributed by atoms with E-state index >= 15 is 0 Å². The predicted molar refractivity (Wildman–Crippen MR) is 142 cm³/mol. The maximum Gasteiger partial charge on any atom is 0.417 e. The van der Waals surface area contributed by atoms with Crippen LogP contribution >= 0.6 is 35.0 Å². The van der Waals surface area contributed by atoms with Crippen molar-refractivity contribution in [1.82, 2.24) is 5.32 Å². The quantitative estimate of drug-likeness (QED) is 0.260. The molecule has 0 saturated carbocycles. The van der Waals surface area contributed by atoms with Crippen molar-refractivity contribution in [3.63, 3.8) is 0 Å². The fourth-order valence-corrected chi connectivity index (χ4v) is 6.10. The average molecular weight is 592 g/mol. The number of halogens is 5. The van der Waals surface area contributed by atoms with Crippen LogP contribution in [0.15, 0.2) is 70.5 Å². The number of carbonyl (C=O) groups excluding carboxylic acids is 1. The highest BCUT2D eigenvalue weighted by atomic mass is 35.5. The van der Waals surface area contributed by atoms with Gasteiger partial charge in [0.05, 0.1) is 32.7 Å². The van der Waals surface area contributed by atoms with E-state index in [0.29, 0.717) is 34.2 Å². The Balaban J connectivity index is 1.65. The molecule has 0 aromatic heterocycles. The molecule has 12 heteroatoms. The van der Waals surface area contributed by atoms with Crippen molar-refractivity contribution in [3.05, 3.63) is 87.4 Å². The van der Waals surface area contributed by atoms with Crippen molar-refractivity contribution in [1.29, 1.82) is 0 Å². The third-order valence-corrected chi connectivity index (χ3v) is 8.82. The Labute approximate surface area is 227 Å². The van der Waals surface area contributed by atoms with Crippen LogP contribution in [0.5, 0.6) is 0 Å². The largest absolute Gasteiger partial charge is 0.417 e. The van der Waals surface area contributed by atoms with E-state index in [4.69, 9.17) is 23.2 Å². The zero-order valence-electron chi connectivity index (χ0n) is 19.5. The molecule has 0 saturated heterocycles. The first-order valence-electron chi connectivity index (χ1n) is 10.9. The van der Waals surface area contributed by atoms with Gasteiger partial charge in [0.25, 0.3) is 0 Å². The minimum Gasteiger partial charge on any atom is -0.375 e. The molecule has 0 unspecified atom stereocenters. The Morgan fingerprint density at radius 2 is 1.70 bits per heavy atom. The summed E-state index contributed by atoms with van der Waals surface area (Å²) in [5.41, 5.74) is 0.115. The Morgan fingerprint density at radius 3 is 2.35 bits per heavy atom. The summed E-state index contributed by atoms with van der Waals surface area (Å²) in [6.45, 7) is 1.64. The molecule has 3 aromatic rings. The molecule has 37 heavy (non-hydrogen) atoms. The van der Waals surface area contributed by atoms with Gasteiger partial charge in [0.15, 0.2) is 0 Å². The number of anilines is 1. The number of aryl methyl sites for hydroxylation is 1. The number of alkyl halides is 3. The van der Waals surface area contributed by atoms with Crippen molar-refractivity contribution < 1.29 is 26.4 Å². The maximum atomic E-state index is 13.8. The highest BCUT2D eigenvalue weighted by Gasteiger charge is 2.39. The number of nitrogens with one attached hydrogen (secondary N) is 2. The van der Waals surface area contributed by atoms with E-state index in [0.717, 1.165) is 17.2 Å². The van der Waals surface area contributed by atoms with E-state index in [2.05, 4.69) is 10.6 Å². The van der Waals surface area contributed by atoms with Gasteiger partial charge in [-0.3, -0.25) is 4.79 Å². The van der Waals surface area contributed by atoms with Crippen LogP contribution in [0.25, 0.3) is 0 Å². The molecule has 1 amide bonds. The van der Waals surface area contributed by atoms with Crippen molar-refractivity contribution in [2.45, 2.75) is 28.6 Å². The molecular formula is C25H23Cl2F3N2O3S2.